The molecule has 0 N–H and O–H groups in total. The number of carbonyl (C=O) groups excluding carboxylic acids is 1. The quantitative estimate of drug-likeness (QED) is 0.706. The zero-order chi connectivity index (χ0) is 16.7. The number of nitrogens with zero attached hydrogens (tertiary/aromatic N) is 2. The number of benzene rings is 1. The smallest absolute Gasteiger partial charge is 0.264 e. The van der Waals surface area contributed by atoms with Gasteiger partial charge in [0, 0.05) is 29.0 Å². The standard InChI is InChI=1S/C18H15FN2O2S/c1-11-5-6-16(24-11)18(22)21-8-7-15-14(10-21)17(20-23-15)12-3-2-4-13(19)9-12/h2-6,9H,7-8,10H2,1H3. The summed E-state index contributed by atoms with van der Waals surface area (Å²) in [6.07, 6.45) is 0.619. The molecule has 0 radical (unpaired) electrons. The molecule has 0 saturated heterocycles. The van der Waals surface area contributed by atoms with Crippen LogP contribution < -0.4 is 0 Å². The van der Waals surface area contributed by atoms with Crippen molar-refractivity contribution in [3.05, 3.63) is 63.3 Å². The zero-order valence-electron chi connectivity index (χ0n) is 13.1. The molecule has 0 fully saturated rings. The topological polar surface area (TPSA) is 46.3 Å². The van der Waals surface area contributed by atoms with Gasteiger partial charge in [-0.05, 0) is 31.2 Å². The molecule has 0 unspecified atom stereocenters. The molecule has 2 aromatic heterocycles. The Hall–Kier alpha value is -2.47. The number of hydrogen-bond donors (Lipinski definition) is 0. The van der Waals surface area contributed by atoms with Crippen molar-refractivity contribution in [2.24, 2.45) is 0 Å². The minimum absolute atomic E-state index is 0.0187. The normalized spacial score (nSPS) is 13.8. The van der Waals surface area contributed by atoms with Gasteiger partial charge in [-0.1, -0.05) is 17.3 Å². The third-order valence-electron chi connectivity index (χ3n) is 4.16. The summed E-state index contributed by atoms with van der Waals surface area (Å²) in [5.74, 6) is 0.480. The first kappa shape index (κ1) is 15.1. The van der Waals surface area contributed by atoms with Crippen LogP contribution in [0.4, 0.5) is 4.39 Å². The number of aryl methyl sites for hydroxylation is 1. The van der Waals surface area contributed by atoms with Gasteiger partial charge in [0.1, 0.15) is 17.3 Å². The molecule has 1 aliphatic rings. The minimum Gasteiger partial charge on any atom is -0.360 e. The molecule has 0 saturated carbocycles. The highest BCUT2D eigenvalue weighted by atomic mass is 32.1. The highest BCUT2D eigenvalue weighted by Gasteiger charge is 2.28. The van der Waals surface area contributed by atoms with Crippen molar-refractivity contribution in [3.63, 3.8) is 0 Å². The first-order valence-corrected chi connectivity index (χ1v) is 8.52. The average molecular weight is 342 g/mol. The van der Waals surface area contributed by atoms with Crippen LogP contribution in [0.25, 0.3) is 11.3 Å². The summed E-state index contributed by atoms with van der Waals surface area (Å²) in [7, 11) is 0. The maximum Gasteiger partial charge on any atom is 0.264 e. The van der Waals surface area contributed by atoms with E-state index >= 15 is 0 Å². The van der Waals surface area contributed by atoms with Crippen LogP contribution in [-0.4, -0.2) is 22.5 Å². The molecule has 1 amide bonds. The van der Waals surface area contributed by atoms with Gasteiger partial charge >= 0.3 is 0 Å². The van der Waals surface area contributed by atoms with Gasteiger partial charge in [-0.15, -0.1) is 11.3 Å². The van der Waals surface area contributed by atoms with Crippen LogP contribution in [-0.2, 0) is 13.0 Å². The van der Waals surface area contributed by atoms with Gasteiger partial charge in [-0.3, -0.25) is 4.79 Å². The van der Waals surface area contributed by atoms with Crippen molar-refractivity contribution >= 4 is 17.2 Å². The number of amides is 1. The minimum atomic E-state index is -0.318. The fraction of sp³-hybridized carbons (Fsp3) is 0.222. The third kappa shape index (κ3) is 2.63. The number of carbonyl (C=O) groups is 1. The lowest BCUT2D eigenvalue weighted by atomic mass is 10.0. The van der Waals surface area contributed by atoms with Crippen LogP contribution in [0.1, 0.15) is 25.9 Å². The molecular weight excluding hydrogens is 327 g/mol. The molecule has 1 aromatic carbocycles. The van der Waals surface area contributed by atoms with E-state index in [4.69, 9.17) is 4.52 Å². The second-order valence-corrected chi connectivity index (χ2v) is 7.12. The molecule has 0 aliphatic carbocycles. The Morgan fingerprint density at radius 1 is 1.33 bits per heavy atom. The van der Waals surface area contributed by atoms with Gasteiger partial charge in [0.05, 0.1) is 11.4 Å². The number of thiophene rings is 1. The molecule has 3 heterocycles. The largest absolute Gasteiger partial charge is 0.360 e. The van der Waals surface area contributed by atoms with Gasteiger partial charge in [0.25, 0.3) is 5.91 Å². The molecule has 0 bridgehead atoms. The molecule has 4 rings (SSSR count). The molecule has 6 heteroatoms. The van der Waals surface area contributed by atoms with E-state index in [9.17, 15) is 9.18 Å². The molecule has 122 valence electrons. The lowest BCUT2D eigenvalue weighted by molar-refractivity contribution is 0.0734. The van der Waals surface area contributed by atoms with E-state index in [1.807, 2.05) is 19.1 Å². The molecule has 0 spiro atoms. The SMILES string of the molecule is Cc1ccc(C(=O)N2CCc3onc(-c4cccc(F)c4)c3C2)s1. The van der Waals surface area contributed by atoms with Crippen molar-refractivity contribution in [2.75, 3.05) is 6.54 Å². The van der Waals surface area contributed by atoms with Gasteiger partial charge in [-0.25, -0.2) is 4.39 Å². The van der Waals surface area contributed by atoms with Crippen molar-refractivity contribution < 1.29 is 13.7 Å². The van der Waals surface area contributed by atoms with Crippen molar-refractivity contribution in [3.8, 4) is 11.3 Å². The van der Waals surface area contributed by atoms with Crippen LogP contribution in [0.15, 0.2) is 40.9 Å². The number of halogens is 1. The fourth-order valence-electron chi connectivity index (χ4n) is 2.95. The fourth-order valence-corrected chi connectivity index (χ4v) is 3.79. The summed E-state index contributed by atoms with van der Waals surface area (Å²) in [6, 6.07) is 10.1. The van der Waals surface area contributed by atoms with E-state index in [0.717, 1.165) is 21.1 Å². The highest BCUT2D eigenvalue weighted by Crippen LogP contribution is 2.31. The Morgan fingerprint density at radius 2 is 2.21 bits per heavy atom. The van der Waals surface area contributed by atoms with Crippen molar-refractivity contribution in [2.45, 2.75) is 19.9 Å². The van der Waals surface area contributed by atoms with Crippen molar-refractivity contribution in [1.29, 1.82) is 0 Å². The number of rotatable bonds is 2. The lowest BCUT2D eigenvalue weighted by Crippen LogP contribution is -2.35. The monoisotopic (exact) mass is 342 g/mol. The van der Waals surface area contributed by atoms with Crippen LogP contribution >= 0.6 is 11.3 Å². The van der Waals surface area contributed by atoms with Gasteiger partial charge < -0.3 is 9.42 Å². The predicted molar refractivity (Wildman–Crippen MR) is 89.4 cm³/mol. The summed E-state index contributed by atoms with van der Waals surface area (Å²) < 4.78 is 18.9. The van der Waals surface area contributed by atoms with Crippen LogP contribution in [0.3, 0.4) is 0 Å². The molecule has 24 heavy (non-hydrogen) atoms. The second-order valence-electron chi connectivity index (χ2n) is 5.83. The zero-order valence-corrected chi connectivity index (χ0v) is 13.9. The summed E-state index contributed by atoms with van der Waals surface area (Å²) in [6.45, 7) is 3.01. The summed E-state index contributed by atoms with van der Waals surface area (Å²) in [5.41, 5.74) is 2.15. The predicted octanol–water partition coefficient (Wildman–Crippen LogP) is 4.05. The Kier molecular flexibility index (Phi) is 3.69. The van der Waals surface area contributed by atoms with E-state index in [0.29, 0.717) is 30.8 Å². The first-order valence-electron chi connectivity index (χ1n) is 7.71. The number of hydrogen-bond acceptors (Lipinski definition) is 4. The van der Waals surface area contributed by atoms with Gasteiger partial charge in [-0.2, -0.15) is 0 Å². The van der Waals surface area contributed by atoms with Gasteiger partial charge in [0.15, 0.2) is 0 Å². The average Bonchev–Trinajstić information content (AvgIpc) is 3.19. The lowest BCUT2D eigenvalue weighted by Gasteiger charge is -2.25. The van der Waals surface area contributed by atoms with Crippen LogP contribution in [0, 0.1) is 12.7 Å². The maximum absolute atomic E-state index is 13.5. The highest BCUT2D eigenvalue weighted by molar-refractivity contribution is 7.13. The number of aromatic nitrogens is 1. The summed E-state index contributed by atoms with van der Waals surface area (Å²) in [4.78, 5) is 16.3. The van der Waals surface area contributed by atoms with Crippen LogP contribution in [0.5, 0.6) is 0 Å². The Bertz CT molecular complexity index is 915. The summed E-state index contributed by atoms with van der Waals surface area (Å²) >= 11 is 1.50. The second kappa shape index (κ2) is 5.87. The van der Waals surface area contributed by atoms with Crippen molar-refractivity contribution in [1.82, 2.24) is 10.1 Å². The Balaban J connectivity index is 1.65. The number of fused-ring (bicyclic) bond motifs is 1. The van der Waals surface area contributed by atoms with E-state index in [1.165, 1.54) is 23.5 Å². The Labute approximate surface area is 142 Å². The molecule has 1 aliphatic heterocycles. The molecule has 0 atom stereocenters. The van der Waals surface area contributed by atoms with Gasteiger partial charge in [0.2, 0.25) is 0 Å². The third-order valence-corrected chi connectivity index (χ3v) is 5.15. The van der Waals surface area contributed by atoms with E-state index in [1.54, 1.807) is 17.0 Å². The van der Waals surface area contributed by atoms with E-state index in [2.05, 4.69) is 5.16 Å². The summed E-state index contributed by atoms with van der Waals surface area (Å²) in [5, 5.41) is 4.10. The Morgan fingerprint density at radius 3 is 2.96 bits per heavy atom. The molecular formula is C18H15FN2O2S. The molecule has 3 aromatic rings. The van der Waals surface area contributed by atoms with E-state index < -0.39 is 0 Å². The van der Waals surface area contributed by atoms with E-state index in [-0.39, 0.29) is 11.7 Å². The van der Waals surface area contributed by atoms with Crippen LogP contribution in [0.2, 0.25) is 0 Å². The first-order chi connectivity index (χ1) is 11.6. The molecule has 4 nitrogen and oxygen atoms in total. The maximum atomic E-state index is 13.5.